The van der Waals surface area contributed by atoms with Gasteiger partial charge in [-0.05, 0) is 50.0 Å². The lowest BCUT2D eigenvalue weighted by Gasteiger charge is -2.35. The molecule has 4 heteroatoms. The van der Waals surface area contributed by atoms with Crippen molar-refractivity contribution in [1.29, 1.82) is 0 Å². The van der Waals surface area contributed by atoms with Gasteiger partial charge in [0, 0.05) is 13.1 Å². The molecule has 1 spiro atoms. The maximum absolute atomic E-state index is 13.1. The number of hydrogen-bond acceptors (Lipinski definition) is 2. The normalized spacial score (nSPS) is 26.8. The van der Waals surface area contributed by atoms with Gasteiger partial charge in [0.2, 0.25) is 5.91 Å². The van der Waals surface area contributed by atoms with Crippen LogP contribution in [-0.2, 0) is 15.0 Å². The highest BCUT2D eigenvalue weighted by Crippen LogP contribution is 2.60. The van der Waals surface area contributed by atoms with Crippen LogP contribution in [0.1, 0.15) is 43.2 Å². The van der Waals surface area contributed by atoms with Gasteiger partial charge >= 0.3 is 5.97 Å². The van der Waals surface area contributed by atoms with Gasteiger partial charge in [0.05, 0.1) is 11.3 Å². The third-order valence-corrected chi connectivity index (χ3v) is 6.26. The number of piperidine rings is 1. The highest BCUT2D eigenvalue weighted by Gasteiger charge is 2.60. The Morgan fingerprint density at radius 3 is 2.39 bits per heavy atom. The summed E-state index contributed by atoms with van der Waals surface area (Å²) in [5.74, 6) is -0.583. The summed E-state index contributed by atoms with van der Waals surface area (Å²) in [7, 11) is 0. The van der Waals surface area contributed by atoms with Crippen LogP contribution in [0.15, 0.2) is 24.3 Å². The van der Waals surface area contributed by atoms with E-state index in [1.807, 2.05) is 11.0 Å². The standard InChI is InChI=1S/C19H23NO3/c1-13-3-2-4-14(11-13)19(5-6-19)17(23)20-9-7-18(8-10-20)12-15(18)16(21)22/h2-4,11,15H,5-10,12H2,1H3,(H,21,22). The third kappa shape index (κ3) is 2.27. The van der Waals surface area contributed by atoms with Crippen molar-refractivity contribution in [3.63, 3.8) is 0 Å². The zero-order chi connectivity index (χ0) is 16.2. The summed E-state index contributed by atoms with van der Waals surface area (Å²) in [5.41, 5.74) is 2.04. The summed E-state index contributed by atoms with van der Waals surface area (Å²) in [6.07, 6.45) is 4.37. The molecule has 2 aliphatic carbocycles. The van der Waals surface area contributed by atoms with E-state index >= 15 is 0 Å². The maximum atomic E-state index is 13.1. The van der Waals surface area contributed by atoms with Crippen LogP contribution in [-0.4, -0.2) is 35.0 Å². The van der Waals surface area contributed by atoms with E-state index in [0.717, 1.165) is 50.8 Å². The van der Waals surface area contributed by atoms with Crippen LogP contribution >= 0.6 is 0 Å². The van der Waals surface area contributed by atoms with E-state index in [2.05, 4.69) is 25.1 Å². The summed E-state index contributed by atoms with van der Waals surface area (Å²) in [6, 6.07) is 8.31. The van der Waals surface area contributed by atoms with Crippen molar-refractivity contribution in [2.45, 2.75) is 44.4 Å². The first kappa shape index (κ1) is 14.7. The molecule has 2 saturated carbocycles. The Hall–Kier alpha value is -1.84. The molecule has 3 fully saturated rings. The van der Waals surface area contributed by atoms with Crippen molar-refractivity contribution in [2.75, 3.05) is 13.1 Å². The Labute approximate surface area is 136 Å². The molecule has 1 atom stereocenters. The van der Waals surface area contributed by atoms with Crippen LogP contribution in [0.5, 0.6) is 0 Å². The predicted octanol–water partition coefficient (Wildman–Crippen LogP) is 2.74. The first-order chi connectivity index (χ1) is 11.0. The van der Waals surface area contributed by atoms with E-state index in [0.29, 0.717) is 0 Å². The highest BCUT2D eigenvalue weighted by atomic mass is 16.4. The second kappa shape index (κ2) is 4.83. The van der Waals surface area contributed by atoms with Gasteiger partial charge in [0.1, 0.15) is 0 Å². The fourth-order valence-electron chi connectivity index (χ4n) is 4.40. The van der Waals surface area contributed by atoms with E-state index in [4.69, 9.17) is 0 Å². The van der Waals surface area contributed by atoms with Crippen LogP contribution in [0.25, 0.3) is 0 Å². The van der Waals surface area contributed by atoms with E-state index in [1.54, 1.807) is 0 Å². The van der Waals surface area contributed by atoms with Crippen LogP contribution in [0.3, 0.4) is 0 Å². The predicted molar refractivity (Wildman–Crippen MR) is 86.1 cm³/mol. The molecule has 0 aromatic heterocycles. The van der Waals surface area contributed by atoms with Gasteiger partial charge in [-0.15, -0.1) is 0 Å². The molecule has 1 aromatic rings. The molecule has 4 rings (SSSR count). The number of likely N-dealkylation sites (tertiary alicyclic amines) is 1. The van der Waals surface area contributed by atoms with E-state index in [-0.39, 0.29) is 22.7 Å². The summed E-state index contributed by atoms with van der Waals surface area (Å²) >= 11 is 0. The molecule has 0 bridgehead atoms. The Kier molecular flexibility index (Phi) is 3.09. The van der Waals surface area contributed by atoms with Crippen LogP contribution in [0.4, 0.5) is 0 Å². The van der Waals surface area contributed by atoms with Crippen LogP contribution < -0.4 is 0 Å². The molecule has 1 unspecified atom stereocenters. The number of carboxylic acid groups (broad SMARTS) is 1. The zero-order valence-electron chi connectivity index (χ0n) is 13.5. The Morgan fingerprint density at radius 1 is 1.17 bits per heavy atom. The number of benzene rings is 1. The first-order valence-corrected chi connectivity index (χ1v) is 8.56. The number of rotatable bonds is 3. The van der Waals surface area contributed by atoms with Crippen molar-refractivity contribution in [2.24, 2.45) is 11.3 Å². The van der Waals surface area contributed by atoms with Gasteiger partial charge in [0.15, 0.2) is 0 Å². The molecule has 0 radical (unpaired) electrons. The number of amides is 1. The third-order valence-electron chi connectivity index (χ3n) is 6.26. The second-order valence-corrected chi connectivity index (χ2v) is 7.70. The van der Waals surface area contributed by atoms with Gasteiger partial charge in [-0.25, -0.2) is 0 Å². The molecule has 23 heavy (non-hydrogen) atoms. The Bertz CT molecular complexity index is 669. The van der Waals surface area contributed by atoms with Gasteiger partial charge in [-0.1, -0.05) is 29.8 Å². The fraction of sp³-hybridized carbons (Fsp3) is 0.579. The highest BCUT2D eigenvalue weighted by molar-refractivity contribution is 5.91. The smallest absolute Gasteiger partial charge is 0.307 e. The summed E-state index contributed by atoms with van der Waals surface area (Å²) < 4.78 is 0. The molecule has 1 amide bonds. The molecule has 1 saturated heterocycles. The zero-order valence-corrected chi connectivity index (χ0v) is 13.5. The van der Waals surface area contributed by atoms with E-state index in [9.17, 15) is 14.7 Å². The number of aryl methyl sites for hydroxylation is 1. The molecular formula is C19H23NO3. The average Bonchev–Trinajstić information content (AvgIpc) is 3.43. The lowest BCUT2D eigenvalue weighted by Crippen LogP contribution is -2.45. The molecule has 4 nitrogen and oxygen atoms in total. The Balaban J connectivity index is 1.46. The number of carboxylic acids is 1. The number of carbonyl (C=O) groups excluding carboxylic acids is 1. The molecule has 1 N–H and O–H groups in total. The molecular weight excluding hydrogens is 290 g/mol. The first-order valence-electron chi connectivity index (χ1n) is 8.56. The minimum Gasteiger partial charge on any atom is -0.481 e. The monoisotopic (exact) mass is 313 g/mol. The summed E-state index contributed by atoms with van der Waals surface area (Å²) in [5, 5.41) is 9.18. The summed E-state index contributed by atoms with van der Waals surface area (Å²) in [6.45, 7) is 3.50. The van der Waals surface area contributed by atoms with Crippen LogP contribution in [0.2, 0.25) is 0 Å². The number of nitrogens with zero attached hydrogens (tertiary/aromatic N) is 1. The van der Waals surface area contributed by atoms with Crippen molar-refractivity contribution in [1.82, 2.24) is 4.90 Å². The number of aliphatic carboxylic acids is 1. The second-order valence-electron chi connectivity index (χ2n) is 7.70. The maximum Gasteiger partial charge on any atom is 0.307 e. The van der Waals surface area contributed by atoms with E-state index in [1.165, 1.54) is 5.56 Å². The van der Waals surface area contributed by atoms with Crippen LogP contribution in [0, 0.1) is 18.3 Å². The van der Waals surface area contributed by atoms with Crippen molar-refractivity contribution >= 4 is 11.9 Å². The van der Waals surface area contributed by atoms with Gasteiger partial charge in [0.25, 0.3) is 0 Å². The number of hydrogen-bond donors (Lipinski definition) is 1. The van der Waals surface area contributed by atoms with Gasteiger partial charge in [-0.2, -0.15) is 0 Å². The van der Waals surface area contributed by atoms with Gasteiger partial charge in [-0.3, -0.25) is 9.59 Å². The fourth-order valence-corrected chi connectivity index (χ4v) is 4.40. The lowest BCUT2D eigenvalue weighted by atomic mass is 9.88. The minimum absolute atomic E-state index is 0.0112. The molecule has 1 aliphatic heterocycles. The lowest BCUT2D eigenvalue weighted by molar-refractivity contribution is -0.140. The van der Waals surface area contributed by atoms with Crippen molar-refractivity contribution in [3.05, 3.63) is 35.4 Å². The van der Waals surface area contributed by atoms with E-state index < -0.39 is 5.97 Å². The number of carbonyl (C=O) groups is 2. The SMILES string of the molecule is Cc1cccc(C2(C(=O)N3CCC4(CC3)CC4C(=O)O)CC2)c1. The molecule has 122 valence electrons. The topological polar surface area (TPSA) is 57.6 Å². The summed E-state index contributed by atoms with van der Waals surface area (Å²) in [4.78, 5) is 26.2. The minimum atomic E-state index is -0.664. The van der Waals surface area contributed by atoms with Gasteiger partial charge < -0.3 is 10.0 Å². The average molecular weight is 313 g/mol. The molecule has 1 aromatic carbocycles. The van der Waals surface area contributed by atoms with Crippen molar-refractivity contribution < 1.29 is 14.7 Å². The Morgan fingerprint density at radius 2 is 1.87 bits per heavy atom. The quantitative estimate of drug-likeness (QED) is 0.933. The molecule has 1 heterocycles. The largest absolute Gasteiger partial charge is 0.481 e. The molecule has 3 aliphatic rings. The van der Waals surface area contributed by atoms with Crippen molar-refractivity contribution in [3.8, 4) is 0 Å².